The van der Waals surface area contributed by atoms with Crippen molar-refractivity contribution in [1.82, 2.24) is 0 Å². The van der Waals surface area contributed by atoms with Crippen LogP contribution >= 0.6 is 0 Å². The van der Waals surface area contributed by atoms with E-state index in [1.54, 1.807) is 30.3 Å². The highest BCUT2D eigenvalue weighted by molar-refractivity contribution is 5.26. The third-order valence-electron chi connectivity index (χ3n) is 2.60. The van der Waals surface area contributed by atoms with Crippen molar-refractivity contribution < 1.29 is 17.9 Å². The Bertz CT molecular complexity index is 520. The fourth-order valence-corrected chi connectivity index (χ4v) is 1.66. The first-order valence-electron chi connectivity index (χ1n) is 5.81. The molecule has 0 aliphatic heterocycles. The van der Waals surface area contributed by atoms with Gasteiger partial charge in [0.05, 0.1) is 12.2 Å². The lowest BCUT2D eigenvalue weighted by Crippen LogP contribution is -2.07. The van der Waals surface area contributed by atoms with Gasteiger partial charge in [-0.3, -0.25) is 0 Å². The maximum absolute atomic E-state index is 12.5. The molecule has 0 aliphatic rings. The van der Waals surface area contributed by atoms with Crippen LogP contribution in [0.15, 0.2) is 48.5 Å². The Morgan fingerprint density at radius 1 is 1.05 bits per heavy atom. The van der Waals surface area contributed by atoms with Gasteiger partial charge in [0.15, 0.2) is 0 Å². The number of rotatable bonds is 4. The molecule has 99 valence electrons. The van der Waals surface area contributed by atoms with Gasteiger partial charge in [-0.25, -0.2) is 0 Å². The molecule has 19 heavy (non-hydrogen) atoms. The molecule has 0 bridgehead atoms. The molecule has 1 radical (unpaired) electrons. The third-order valence-corrected chi connectivity index (χ3v) is 2.60. The number of alkyl halides is 3. The SMILES string of the molecule is FC(F)(F)c1cccc(CCOc2cc[c]cc2)c1. The Morgan fingerprint density at radius 3 is 2.47 bits per heavy atom. The summed E-state index contributed by atoms with van der Waals surface area (Å²) in [7, 11) is 0. The van der Waals surface area contributed by atoms with Crippen molar-refractivity contribution in [3.8, 4) is 5.75 Å². The van der Waals surface area contributed by atoms with Crippen LogP contribution in [0.4, 0.5) is 13.2 Å². The largest absolute Gasteiger partial charge is 0.493 e. The molecule has 0 atom stereocenters. The van der Waals surface area contributed by atoms with Crippen molar-refractivity contribution in [3.05, 3.63) is 65.7 Å². The molecule has 2 aromatic rings. The molecule has 2 aromatic carbocycles. The standard InChI is InChI=1S/C15H12F3O/c16-15(17,18)13-6-4-5-12(11-13)9-10-19-14-7-2-1-3-8-14/h2-8,11H,9-10H2. The summed E-state index contributed by atoms with van der Waals surface area (Å²) in [6.07, 6.45) is -3.87. The number of hydrogen-bond acceptors (Lipinski definition) is 1. The molecule has 0 unspecified atom stereocenters. The van der Waals surface area contributed by atoms with Crippen LogP contribution < -0.4 is 4.74 Å². The zero-order chi connectivity index (χ0) is 13.7. The number of halogens is 3. The van der Waals surface area contributed by atoms with Crippen molar-refractivity contribution >= 4 is 0 Å². The highest BCUT2D eigenvalue weighted by atomic mass is 19.4. The van der Waals surface area contributed by atoms with Crippen LogP contribution in [-0.4, -0.2) is 6.61 Å². The summed E-state index contributed by atoms with van der Waals surface area (Å²) in [5.41, 5.74) is -0.0170. The normalized spacial score (nSPS) is 11.3. The zero-order valence-corrected chi connectivity index (χ0v) is 10.1. The first kappa shape index (κ1) is 13.5. The van der Waals surface area contributed by atoms with E-state index in [1.165, 1.54) is 6.07 Å². The van der Waals surface area contributed by atoms with E-state index in [9.17, 15) is 13.2 Å². The van der Waals surface area contributed by atoms with E-state index in [0.29, 0.717) is 24.3 Å². The van der Waals surface area contributed by atoms with E-state index in [-0.39, 0.29) is 0 Å². The smallest absolute Gasteiger partial charge is 0.416 e. The molecule has 4 heteroatoms. The first-order chi connectivity index (χ1) is 9.05. The van der Waals surface area contributed by atoms with E-state index in [1.807, 2.05) is 0 Å². The van der Waals surface area contributed by atoms with E-state index in [2.05, 4.69) is 6.07 Å². The molecule has 0 saturated heterocycles. The van der Waals surface area contributed by atoms with Crippen LogP contribution in [0.3, 0.4) is 0 Å². The molecule has 0 aliphatic carbocycles. The summed E-state index contributed by atoms with van der Waals surface area (Å²) >= 11 is 0. The Kier molecular flexibility index (Phi) is 4.10. The maximum atomic E-state index is 12.5. The van der Waals surface area contributed by atoms with E-state index >= 15 is 0 Å². The molecule has 0 amide bonds. The van der Waals surface area contributed by atoms with Crippen LogP contribution in [-0.2, 0) is 12.6 Å². The van der Waals surface area contributed by atoms with Gasteiger partial charge in [-0.15, -0.1) is 0 Å². The second kappa shape index (κ2) is 5.78. The van der Waals surface area contributed by atoms with Gasteiger partial charge in [-0.2, -0.15) is 13.2 Å². The zero-order valence-electron chi connectivity index (χ0n) is 10.1. The van der Waals surface area contributed by atoms with Gasteiger partial charge in [0, 0.05) is 6.42 Å². The molecular weight excluding hydrogens is 253 g/mol. The molecule has 0 aromatic heterocycles. The average molecular weight is 265 g/mol. The minimum absolute atomic E-state index is 0.339. The third kappa shape index (κ3) is 4.02. The summed E-state index contributed by atoms with van der Waals surface area (Å²) in [6, 6.07) is 15.1. The Hall–Kier alpha value is -1.97. The van der Waals surface area contributed by atoms with Crippen molar-refractivity contribution in [1.29, 1.82) is 0 Å². The van der Waals surface area contributed by atoms with Gasteiger partial charge in [0.25, 0.3) is 0 Å². The van der Waals surface area contributed by atoms with Crippen LogP contribution in [0.2, 0.25) is 0 Å². The second-order valence-electron chi connectivity index (χ2n) is 4.03. The van der Waals surface area contributed by atoms with Crippen molar-refractivity contribution in [2.24, 2.45) is 0 Å². The average Bonchev–Trinajstić information content (AvgIpc) is 2.39. The summed E-state index contributed by atoms with van der Waals surface area (Å²) in [4.78, 5) is 0. The van der Waals surface area contributed by atoms with Crippen molar-refractivity contribution in [2.45, 2.75) is 12.6 Å². The van der Waals surface area contributed by atoms with Crippen LogP contribution in [0.5, 0.6) is 5.75 Å². The number of ether oxygens (including phenoxy) is 1. The molecule has 0 heterocycles. The second-order valence-corrected chi connectivity index (χ2v) is 4.03. The molecule has 0 saturated carbocycles. The Morgan fingerprint density at radius 2 is 1.79 bits per heavy atom. The lowest BCUT2D eigenvalue weighted by atomic mass is 10.1. The lowest BCUT2D eigenvalue weighted by molar-refractivity contribution is -0.137. The number of benzene rings is 2. The minimum atomic E-state index is -4.30. The summed E-state index contributed by atoms with van der Waals surface area (Å²) in [6.45, 7) is 0.339. The Labute approximate surface area is 109 Å². The fourth-order valence-electron chi connectivity index (χ4n) is 1.66. The van der Waals surface area contributed by atoms with Crippen molar-refractivity contribution in [2.75, 3.05) is 6.61 Å². The minimum Gasteiger partial charge on any atom is -0.493 e. The summed E-state index contributed by atoms with van der Waals surface area (Å²) in [5.74, 6) is 0.686. The van der Waals surface area contributed by atoms with Crippen molar-refractivity contribution in [3.63, 3.8) is 0 Å². The lowest BCUT2D eigenvalue weighted by Gasteiger charge is -2.09. The van der Waals surface area contributed by atoms with Gasteiger partial charge in [0.1, 0.15) is 5.75 Å². The molecule has 1 nitrogen and oxygen atoms in total. The predicted molar refractivity (Wildman–Crippen MR) is 65.9 cm³/mol. The predicted octanol–water partition coefficient (Wildman–Crippen LogP) is 4.13. The van der Waals surface area contributed by atoms with Crippen LogP contribution in [0, 0.1) is 6.07 Å². The highest BCUT2D eigenvalue weighted by Gasteiger charge is 2.30. The first-order valence-corrected chi connectivity index (χ1v) is 5.81. The van der Waals surface area contributed by atoms with Gasteiger partial charge in [0.2, 0.25) is 0 Å². The van der Waals surface area contributed by atoms with Crippen LogP contribution in [0.25, 0.3) is 0 Å². The topological polar surface area (TPSA) is 9.23 Å². The van der Waals surface area contributed by atoms with E-state index in [0.717, 1.165) is 12.1 Å². The summed E-state index contributed by atoms with van der Waals surface area (Å²) in [5, 5.41) is 0. The number of hydrogen-bond donors (Lipinski definition) is 0. The van der Waals surface area contributed by atoms with Gasteiger partial charge >= 0.3 is 6.18 Å². The highest BCUT2D eigenvalue weighted by Crippen LogP contribution is 2.29. The summed E-state index contributed by atoms with van der Waals surface area (Å²) < 4.78 is 43.0. The molecule has 0 N–H and O–H groups in total. The van der Waals surface area contributed by atoms with E-state index < -0.39 is 11.7 Å². The monoisotopic (exact) mass is 265 g/mol. The van der Waals surface area contributed by atoms with Gasteiger partial charge < -0.3 is 4.74 Å². The van der Waals surface area contributed by atoms with Gasteiger partial charge in [-0.05, 0) is 29.8 Å². The Balaban J connectivity index is 1.93. The molecule has 0 spiro atoms. The fraction of sp³-hybridized carbons (Fsp3) is 0.200. The molecular formula is C15H12F3O. The van der Waals surface area contributed by atoms with Gasteiger partial charge in [-0.1, -0.05) is 30.3 Å². The van der Waals surface area contributed by atoms with Crippen LogP contribution in [0.1, 0.15) is 11.1 Å². The molecule has 2 rings (SSSR count). The van der Waals surface area contributed by atoms with E-state index in [4.69, 9.17) is 4.74 Å². The molecule has 0 fully saturated rings. The maximum Gasteiger partial charge on any atom is 0.416 e. The quantitative estimate of drug-likeness (QED) is 0.807.